The minimum atomic E-state index is 0.0228. The lowest BCUT2D eigenvalue weighted by Gasteiger charge is -2.26. The fourth-order valence-corrected chi connectivity index (χ4v) is 2.60. The van der Waals surface area contributed by atoms with Gasteiger partial charge in [-0.3, -0.25) is 4.79 Å². The van der Waals surface area contributed by atoms with Gasteiger partial charge < -0.3 is 9.88 Å². The zero-order chi connectivity index (χ0) is 14.3. The van der Waals surface area contributed by atoms with Crippen LogP contribution in [0, 0.1) is 13.8 Å². The number of hydrogen-bond donors (Lipinski definition) is 1. The van der Waals surface area contributed by atoms with E-state index in [0.29, 0.717) is 12.2 Å². The summed E-state index contributed by atoms with van der Waals surface area (Å²) in [4.78, 5) is 15.8. The standard InChI is InChI=1S/C16H19N3O/c1-10-4-5-13(6-11(10)2)15-9-19-8-14(12(3)20)18-16(19)7-17-15/h4-6,8,15,17H,7,9H2,1-3H3. The second-order valence-corrected chi connectivity index (χ2v) is 5.53. The first-order valence-electron chi connectivity index (χ1n) is 6.92. The van der Waals surface area contributed by atoms with E-state index in [9.17, 15) is 4.79 Å². The number of hydrogen-bond acceptors (Lipinski definition) is 3. The molecule has 0 amide bonds. The summed E-state index contributed by atoms with van der Waals surface area (Å²) in [6.07, 6.45) is 1.87. The average Bonchev–Trinajstić information content (AvgIpc) is 2.85. The van der Waals surface area contributed by atoms with Gasteiger partial charge >= 0.3 is 0 Å². The van der Waals surface area contributed by atoms with E-state index in [4.69, 9.17) is 0 Å². The third-order valence-electron chi connectivity index (χ3n) is 4.04. The van der Waals surface area contributed by atoms with Crippen molar-refractivity contribution in [1.82, 2.24) is 14.9 Å². The number of aryl methyl sites for hydroxylation is 2. The summed E-state index contributed by atoms with van der Waals surface area (Å²) < 4.78 is 2.09. The number of rotatable bonds is 2. The van der Waals surface area contributed by atoms with E-state index in [2.05, 4.69) is 46.9 Å². The first-order valence-corrected chi connectivity index (χ1v) is 6.92. The minimum absolute atomic E-state index is 0.0228. The number of benzene rings is 1. The highest BCUT2D eigenvalue weighted by Crippen LogP contribution is 2.23. The molecule has 1 aromatic heterocycles. The van der Waals surface area contributed by atoms with E-state index in [1.165, 1.54) is 16.7 Å². The van der Waals surface area contributed by atoms with Crippen molar-refractivity contribution in [2.45, 2.75) is 39.9 Å². The molecule has 20 heavy (non-hydrogen) atoms. The molecule has 1 N–H and O–H groups in total. The Morgan fingerprint density at radius 3 is 2.85 bits per heavy atom. The Morgan fingerprint density at radius 1 is 1.35 bits per heavy atom. The Morgan fingerprint density at radius 2 is 2.15 bits per heavy atom. The molecule has 4 nitrogen and oxygen atoms in total. The van der Waals surface area contributed by atoms with Gasteiger partial charge in [-0.15, -0.1) is 0 Å². The summed E-state index contributed by atoms with van der Waals surface area (Å²) in [7, 11) is 0. The van der Waals surface area contributed by atoms with E-state index >= 15 is 0 Å². The number of nitrogens with one attached hydrogen (secondary N) is 1. The molecule has 104 valence electrons. The van der Waals surface area contributed by atoms with Crippen LogP contribution in [0.25, 0.3) is 0 Å². The quantitative estimate of drug-likeness (QED) is 0.852. The molecule has 0 bridgehead atoms. The van der Waals surface area contributed by atoms with E-state index in [1.54, 1.807) is 6.92 Å². The van der Waals surface area contributed by atoms with E-state index in [0.717, 1.165) is 12.4 Å². The fourth-order valence-electron chi connectivity index (χ4n) is 2.60. The second kappa shape index (κ2) is 4.87. The van der Waals surface area contributed by atoms with Crippen LogP contribution in [0.5, 0.6) is 0 Å². The third kappa shape index (κ3) is 2.27. The van der Waals surface area contributed by atoms with Crippen molar-refractivity contribution in [3.05, 3.63) is 52.6 Å². The lowest BCUT2D eigenvalue weighted by molar-refractivity contribution is 0.101. The van der Waals surface area contributed by atoms with Crippen LogP contribution in [0.2, 0.25) is 0 Å². The largest absolute Gasteiger partial charge is 0.331 e. The maximum absolute atomic E-state index is 11.4. The Balaban J connectivity index is 1.87. The minimum Gasteiger partial charge on any atom is -0.331 e. The number of nitrogens with zero attached hydrogens (tertiary/aromatic N) is 2. The zero-order valence-electron chi connectivity index (χ0n) is 12.1. The Hall–Kier alpha value is -1.94. The van der Waals surface area contributed by atoms with Gasteiger partial charge in [0.15, 0.2) is 5.78 Å². The molecule has 0 aliphatic carbocycles. The molecule has 0 fully saturated rings. The molecule has 3 rings (SSSR count). The van der Waals surface area contributed by atoms with Crippen molar-refractivity contribution < 1.29 is 4.79 Å². The first kappa shape index (κ1) is 13.1. The molecule has 1 unspecified atom stereocenters. The normalized spacial score (nSPS) is 17.9. The van der Waals surface area contributed by atoms with Crippen molar-refractivity contribution in [2.75, 3.05) is 0 Å². The summed E-state index contributed by atoms with van der Waals surface area (Å²) >= 11 is 0. The van der Waals surface area contributed by atoms with Crippen LogP contribution in [0.4, 0.5) is 0 Å². The molecule has 2 aromatic rings. The fraction of sp³-hybridized carbons (Fsp3) is 0.375. The maximum atomic E-state index is 11.4. The van der Waals surface area contributed by atoms with Crippen molar-refractivity contribution in [3.8, 4) is 0 Å². The van der Waals surface area contributed by atoms with E-state index in [-0.39, 0.29) is 11.8 Å². The van der Waals surface area contributed by atoms with Crippen molar-refractivity contribution in [3.63, 3.8) is 0 Å². The molecule has 0 radical (unpaired) electrons. The monoisotopic (exact) mass is 269 g/mol. The van der Waals surface area contributed by atoms with Gasteiger partial charge in [-0.2, -0.15) is 0 Å². The summed E-state index contributed by atoms with van der Waals surface area (Å²) in [5.74, 6) is 0.963. The molecule has 0 spiro atoms. The number of fused-ring (bicyclic) bond motifs is 1. The smallest absolute Gasteiger partial charge is 0.179 e. The number of ketones is 1. The van der Waals surface area contributed by atoms with Crippen LogP contribution in [-0.4, -0.2) is 15.3 Å². The zero-order valence-corrected chi connectivity index (χ0v) is 12.1. The molecule has 0 saturated heterocycles. The van der Waals surface area contributed by atoms with Crippen molar-refractivity contribution in [2.24, 2.45) is 0 Å². The highest BCUT2D eigenvalue weighted by Gasteiger charge is 2.22. The predicted molar refractivity (Wildman–Crippen MR) is 77.7 cm³/mol. The van der Waals surface area contributed by atoms with Crippen LogP contribution in [0.3, 0.4) is 0 Å². The topological polar surface area (TPSA) is 46.9 Å². The molecule has 4 heteroatoms. The Labute approximate surface area is 118 Å². The summed E-state index contributed by atoms with van der Waals surface area (Å²) in [6, 6.07) is 6.85. The van der Waals surface area contributed by atoms with Crippen LogP contribution in [0.1, 0.15) is 46.0 Å². The van der Waals surface area contributed by atoms with E-state index in [1.807, 2.05) is 6.20 Å². The second-order valence-electron chi connectivity index (χ2n) is 5.53. The van der Waals surface area contributed by atoms with Gasteiger partial charge in [0, 0.05) is 19.7 Å². The number of imidazole rings is 1. The van der Waals surface area contributed by atoms with Gasteiger partial charge in [0.2, 0.25) is 0 Å². The molecule has 1 aromatic carbocycles. The summed E-state index contributed by atoms with van der Waals surface area (Å²) in [6.45, 7) is 7.34. The van der Waals surface area contributed by atoms with Crippen LogP contribution < -0.4 is 5.32 Å². The SMILES string of the molecule is CC(=O)c1cn2c(n1)CNC(c1ccc(C)c(C)c1)C2. The molecule has 2 heterocycles. The maximum Gasteiger partial charge on any atom is 0.179 e. The number of carbonyl (C=O) groups is 1. The Kier molecular flexibility index (Phi) is 3.18. The van der Waals surface area contributed by atoms with Gasteiger partial charge in [-0.05, 0) is 30.5 Å². The summed E-state index contributed by atoms with van der Waals surface area (Å²) in [5, 5.41) is 3.50. The molecular formula is C16H19N3O. The van der Waals surface area contributed by atoms with Gasteiger partial charge in [-0.25, -0.2) is 4.98 Å². The first-order chi connectivity index (χ1) is 9.54. The average molecular weight is 269 g/mol. The molecule has 1 aliphatic rings. The van der Waals surface area contributed by atoms with Gasteiger partial charge in [0.25, 0.3) is 0 Å². The molecule has 1 atom stereocenters. The Bertz CT molecular complexity index is 672. The third-order valence-corrected chi connectivity index (χ3v) is 4.04. The predicted octanol–water partition coefficient (Wildman–Crippen LogP) is 2.55. The highest BCUT2D eigenvalue weighted by molar-refractivity contribution is 5.91. The molecule has 0 saturated carbocycles. The lowest BCUT2D eigenvalue weighted by Crippen LogP contribution is -2.32. The lowest BCUT2D eigenvalue weighted by atomic mass is 10.00. The van der Waals surface area contributed by atoms with Gasteiger partial charge in [0.05, 0.1) is 12.6 Å². The van der Waals surface area contributed by atoms with Crippen LogP contribution >= 0.6 is 0 Å². The van der Waals surface area contributed by atoms with Crippen molar-refractivity contribution >= 4 is 5.78 Å². The molecular weight excluding hydrogens is 250 g/mol. The number of Topliss-reactive ketones (excluding diaryl/α,β-unsaturated/α-hetero) is 1. The van der Waals surface area contributed by atoms with E-state index < -0.39 is 0 Å². The number of carbonyl (C=O) groups excluding carboxylic acids is 1. The number of aromatic nitrogens is 2. The van der Waals surface area contributed by atoms with Crippen molar-refractivity contribution in [1.29, 1.82) is 0 Å². The summed E-state index contributed by atoms with van der Waals surface area (Å²) in [5.41, 5.74) is 4.47. The van der Waals surface area contributed by atoms with Gasteiger partial charge in [0.1, 0.15) is 11.5 Å². The van der Waals surface area contributed by atoms with Crippen LogP contribution in [-0.2, 0) is 13.1 Å². The highest BCUT2D eigenvalue weighted by atomic mass is 16.1. The van der Waals surface area contributed by atoms with Crippen LogP contribution in [0.15, 0.2) is 24.4 Å². The van der Waals surface area contributed by atoms with Gasteiger partial charge in [-0.1, -0.05) is 18.2 Å². The molecule has 1 aliphatic heterocycles.